The normalized spacial score (nSPS) is 23.4. The van der Waals surface area contributed by atoms with Crippen LogP contribution in [0, 0.1) is 5.92 Å². The maximum absolute atomic E-state index is 9.32. The van der Waals surface area contributed by atoms with E-state index >= 15 is 0 Å². The maximum Gasteiger partial charge on any atom is 0.0540 e. The van der Waals surface area contributed by atoms with E-state index in [9.17, 15) is 5.11 Å². The zero-order valence-corrected chi connectivity index (χ0v) is 6.84. The van der Waals surface area contributed by atoms with Crippen molar-refractivity contribution in [3.8, 4) is 0 Å². The van der Waals surface area contributed by atoms with E-state index in [4.69, 9.17) is 0 Å². The zero-order chi connectivity index (χ0) is 7.40. The fourth-order valence-corrected chi connectivity index (χ4v) is 1.80. The van der Waals surface area contributed by atoms with Crippen molar-refractivity contribution in [3.63, 3.8) is 0 Å². The molecule has 0 unspecified atom stereocenters. The summed E-state index contributed by atoms with van der Waals surface area (Å²) in [4.78, 5) is 0. The van der Waals surface area contributed by atoms with Gasteiger partial charge in [-0.3, -0.25) is 0 Å². The van der Waals surface area contributed by atoms with Crippen LogP contribution in [0.2, 0.25) is 0 Å². The van der Waals surface area contributed by atoms with Crippen LogP contribution in [0.15, 0.2) is 0 Å². The van der Waals surface area contributed by atoms with E-state index < -0.39 is 0 Å². The van der Waals surface area contributed by atoms with Crippen LogP contribution >= 0.6 is 0 Å². The van der Waals surface area contributed by atoms with Crippen molar-refractivity contribution in [2.45, 2.75) is 51.6 Å². The summed E-state index contributed by atoms with van der Waals surface area (Å²) in [7, 11) is 0. The van der Waals surface area contributed by atoms with E-state index in [0.29, 0.717) is 0 Å². The molecule has 1 nitrogen and oxygen atoms in total. The zero-order valence-electron chi connectivity index (χ0n) is 6.84. The minimum Gasteiger partial charge on any atom is -0.393 e. The standard InChI is InChI=1S/C9H18O/c1-2-9(10)7-8-5-3-4-6-8/h8-10H,2-7H2,1H3/t9-/m0/s1. The summed E-state index contributed by atoms with van der Waals surface area (Å²) in [5, 5.41) is 9.32. The maximum atomic E-state index is 9.32. The summed E-state index contributed by atoms with van der Waals surface area (Å²) in [6, 6.07) is 0. The van der Waals surface area contributed by atoms with E-state index in [1.165, 1.54) is 25.7 Å². The van der Waals surface area contributed by atoms with Crippen LogP contribution in [0.5, 0.6) is 0 Å². The summed E-state index contributed by atoms with van der Waals surface area (Å²) < 4.78 is 0. The van der Waals surface area contributed by atoms with E-state index in [0.717, 1.165) is 18.8 Å². The van der Waals surface area contributed by atoms with Crippen molar-refractivity contribution >= 4 is 0 Å². The average molecular weight is 142 g/mol. The molecule has 1 heteroatoms. The van der Waals surface area contributed by atoms with Gasteiger partial charge in [0, 0.05) is 0 Å². The van der Waals surface area contributed by atoms with Crippen LogP contribution in [0.1, 0.15) is 45.4 Å². The molecule has 0 radical (unpaired) electrons. The minimum absolute atomic E-state index is 0.0249. The van der Waals surface area contributed by atoms with Crippen molar-refractivity contribution in [2.24, 2.45) is 5.92 Å². The number of hydrogen-bond acceptors (Lipinski definition) is 1. The molecule has 0 bridgehead atoms. The highest BCUT2D eigenvalue weighted by atomic mass is 16.3. The lowest BCUT2D eigenvalue weighted by molar-refractivity contribution is 0.139. The molecule has 10 heavy (non-hydrogen) atoms. The van der Waals surface area contributed by atoms with E-state index in [2.05, 4.69) is 6.92 Å². The van der Waals surface area contributed by atoms with Crippen molar-refractivity contribution in [1.29, 1.82) is 0 Å². The molecule has 60 valence electrons. The molecule has 0 saturated heterocycles. The van der Waals surface area contributed by atoms with Crippen LogP contribution in [0.3, 0.4) is 0 Å². The van der Waals surface area contributed by atoms with Gasteiger partial charge in [0.25, 0.3) is 0 Å². The highest BCUT2D eigenvalue weighted by molar-refractivity contribution is 4.70. The highest BCUT2D eigenvalue weighted by Crippen LogP contribution is 2.28. The molecule has 1 aliphatic rings. The lowest BCUT2D eigenvalue weighted by Crippen LogP contribution is -2.09. The van der Waals surface area contributed by atoms with Gasteiger partial charge in [-0.25, -0.2) is 0 Å². The third-order valence-corrected chi connectivity index (χ3v) is 2.55. The van der Waals surface area contributed by atoms with E-state index in [1.807, 2.05) is 0 Å². The second kappa shape index (κ2) is 3.97. The fraction of sp³-hybridized carbons (Fsp3) is 1.00. The van der Waals surface area contributed by atoms with Crippen molar-refractivity contribution in [1.82, 2.24) is 0 Å². The van der Waals surface area contributed by atoms with Crippen LogP contribution in [-0.2, 0) is 0 Å². The number of rotatable bonds is 3. The second-order valence-electron chi connectivity index (χ2n) is 3.45. The molecule has 0 amide bonds. The molecule has 1 saturated carbocycles. The molecular formula is C9H18O. The van der Waals surface area contributed by atoms with Gasteiger partial charge < -0.3 is 5.11 Å². The molecule has 0 aromatic carbocycles. The second-order valence-corrected chi connectivity index (χ2v) is 3.45. The third-order valence-electron chi connectivity index (χ3n) is 2.55. The first kappa shape index (κ1) is 8.06. The molecule has 0 aliphatic heterocycles. The average Bonchev–Trinajstić information content (AvgIpc) is 2.40. The molecule has 0 heterocycles. The Morgan fingerprint density at radius 1 is 1.40 bits per heavy atom. The fourth-order valence-electron chi connectivity index (χ4n) is 1.80. The van der Waals surface area contributed by atoms with Gasteiger partial charge in [0.15, 0.2) is 0 Å². The van der Waals surface area contributed by atoms with E-state index in [-0.39, 0.29) is 6.10 Å². The summed E-state index contributed by atoms with van der Waals surface area (Å²) in [5.74, 6) is 0.843. The Hall–Kier alpha value is -0.0400. The van der Waals surface area contributed by atoms with Crippen molar-refractivity contribution in [3.05, 3.63) is 0 Å². The minimum atomic E-state index is -0.0249. The van der Waals surface area contributed by atoms with Crippen molar-refractivity contribution in [2.75, 3.05) is 0 Å². The van der Waals surface area contributed by atoms with Crippen LogP contribution in [0.25, 0.3) is 0 Å². The lowest BCUT2D eigenvalue weighted by Gasteiger charge is -2.12. The van der Waals surface area contributed by atoms with Crippen LogP contribution in [-0.4, -0.2) is 11.2 Å². The van der Waals surface area contributed by atoms with E-state index in [1.54, 1.807) is 0 Å². The summed E-state index contributed by atoms with van der Waals surface area (Å²) in [6.45, 7) is 2.06. The Bertz CT molecular complexity index is 84.7. The van der Waals surface area contributed by atoms with Crippen LogP contribution < -0.4 is 0 Å². The van der Waals surface area contributed by atoms with Gasteiger partial charge in [0.2, 0.25) is 0 Å². The summed E-state index contributed by atoms with van der Waals surface area (Å²) >= 11 is 0. The molecule has 0 aromatic heterocycles. The topological polar surface area (TPSA) is 20.2 Å². The monoisotopic (exact) mass is 142 g/mol. The Balaban J connectivity index is 2.11. The SMILES string of the molecule is CC[C@H](O)CC1CCCC1. The predicted octanol–water partition coefficient (Wildman–Crippen LogP) is 2.34. The number of aliphatic hydroxyl groups excluding tert-OH is 1. The Labute approximate surface area is 63.4 Å². The Morgan fingerprint density at radius 2 is 2.00 bits per heavy atom. The molecule has 1 aliphatic carbocycles. The van der Waals surface area contributed by atoms with Gasteiger partial charge in [-0.2, -0.15) is 0 Å². The summed E-state index contributed by atoms with van der Waals surface area (Å²) in [6.07, 6.45) is 7.45. The summed E-state index contributed by atoms with van der Waals surface area (Å²) in [5.41, 5.74) is 0. The highest BCUT2D eigenvalue weighted by Gasteiger charge is 2.17. The Morgan fingerprint density at radius 3 is 2.50 bits per heavy atom. The lowest BCUT2D eigenvalue weighted by atomic mass is 9.99. The molecule has 1 atom stereocenters. The van der Waals surface area contributed by atoms with Gasteiger partial charge in [-0.1, -0.05) is 32.6 Å². The molecular weight excluding hydrogens is 124 g/mol. The third kappa shape index (κ3) is 2.30. The van der Waals surface area contributed by atoms with Crippen LogP contribution in [0.4, 0.5) is 0 Å². The van der Waals surface area contributed by atoms with Gasteiger partial charge in [0.1, 0.15) is 0 Å². The molecule has 0 spiro atoms. The molecule has 1 N–H and O–H groups in total. The molecule has 1 fully saturated rings. The predicted molar refractivity (Wildman–Crippen MR) is 42.9 cm³/mol. The van der Waals surface area contributed by atoms with Gasteiger partial charge in [0.05, 0.1) is 6.10 Å². The smallest absolute Gasteiger partial charge is 0.0540 e. The Kier molecular flexibility index (Phi) is 3.20. The first-order valence-corrected chi connectivity index (χ1v) is 4.51. The molecule has 0 aromatic rings. The number of aliphatic hydroxyl groups is 1. The van der Waals surface area contributed by atoms with Gasteiger partial charge in [-0.05, 0) is 18.8 Å². The van der Waals surface area contributed by atoms with Crippen molar-refractivity contribution < 1.29 is 5.11 Å². The first-order chi connectivity index (χ1) is 4.83. The first-order valence-electron chi connectivity index (χ1n) is 4.51. The number of hydrogen-bond donors (Lipinski definition) is 1. The van der Waals surface area contributed by atoms with Gasteiger partial charge >= 0.3 is 0 Å². The quantitative estimate of drug-likeness (QED) is 0.641. The molecule has 1 rings (SSSR count). The van der Waals surface area contributed by atoms with Gasteiger partial charge in [-0.15, -0.1) is 0 Å². The largest absolute Gasteiger partial charge is 0.393 e.